The molecule has 1 unspecified atom stereocenters. The van der Waals surface area contributed by atoms with E-state index in [1.54, 1.807) is 15.6 Å². The predicted molar refractivity (Wildman–Crippen MR) is 105 cm³/mol. The van der Waals surface area contributed by atoms with Gasteiger partial charge >= 0.3 is 0 Å². The van der Waals surface area contributed by atoms with Gasteiger partial charge in [0, 0.05) is 11.4 Å². The second-order valence-corrected chi connectivity index (χ2v) is 9.96. The minimum atomic E-state index is -3.51. The van der Waals surface area contributed by atoms with Gasteiger partial charge in [0.25, 0.3) is 0 Å². The van der Waals surface area contributed by atoms with Gasteiger partial charge in [-0.15, -0.1) is 11.3 Å². The lowest BCUT2D eigenvalue weighted by molar-refractivity contribution is 0.332. The van der Waals surface area contributed by atoms with Crippen LogP contribution in [0.5, 0.6) is 0 Å². The minimum absolute atomic E-state index is 0.0338. The van der Waals surface area contributed by atoms with Gasteiger partial charge in [-0.2, -0.15) is 4.31 Å². The van der Waals surface area contributed by atoms with Crippen LogP contribution in [0.4, 0.5) is 0 Å². The van der Waals surface area contributed by atoms with E-state index in [0.717, 1.165) is 42.4 Å². The first-order valence-corrected chi connectivity index (χ1v) is 11.3. The maximum atomic E-state index is 13.6. The standard InChI is InChI=1S/C20H27NO2S2/c1-14-9-11-24-20(14)18-8-6-5-7-10-21(18)25(22,23)19-13-16(3)15(2)12-17(19)4/h9,11-13,18H,5-8,10H2,1-4H3. The first kappa shape index (κ1) is 18.6. The Kier molecular flexibility index (Phi) is 5.37. The molecule has 0 N–H and O–H groups in total. The summed E-state index contributed by atoms with van der Waals surface area (Å²) in [5.41, 5.74) is 4.21. The topological polar surface area (TPSA) is 37.4 Å². The SMILES string of the molecule is Cc1cc(C)c(S(=O)(=O)N2CCCCCC2c2sccc2C)cc1C. The molecule has 0 aliphatic carbocycles. The van der Waals surface area contributed by atoms with Crippen molar-refractivity contribution in [2.45, 2.75) is 64.3 Å². The maximum Gasteiger partial charge on any atom is 0.243 e. The molecule has 5 heteroatoms. The van der Waals surface area contributed by atoms with Crippen LogP contribution in [0.15, 0.2) is 28.5 Å². The molecule has 1 aromatic heterocycles. The molecule has 1 fully saturated rings. The van der Waals surface area contributed by atoms with E-state index in [-0.39, 0.29) is 6.04 Å². The Balaban J connectivity index is 2.10. The fourth-order valence-corrected chi connectivity index (χ4v) is 6.80. The van der Waals surface area contributed by atoms with Crippen molar-refractivity contribution in [3.8, 4) is 0 Å². The fourth-order valence-electron chi connectivity index (χ4n) is 3.70. The highest BCUT2D eigenvalue weighted by atomic mass is 32.2. The van der Waals surface area contributed by atoms with Crippen molar-refractivity contribution >= 4 is 21.4 Å². The van der Waals surface area contributed by atoms with Crippen molar-refractivity contribution in [1.82, 2.24) is 4.31 Å². The number of aryl methyl sites for hydroxylation is 4. The number of thiophene rings is 1. The summed E-state index contributed by atoms with van der Waals surface area (Å²) in [6, 6.07) is 5.90. The molecular formula is C20H27NO2S2. The molecule has 0 amide bonds. The average molecular weight is 378 g/mol. The first-order valence-electron chi connectivity index (χ1n) is 8.96. The number of hydrogen-bond acceptors (Lipinski definition) is 3. The highest BCUT2D eigenvalue weighted by Crippen LogP contribution is 2.39. The summed E-state index contributed by atoms with van der Waals surface area (Å²) in [7, 11) is -3.51. The summed E-state index contributed by atoms with van der Waals surface area (Å²) in [6.07, 6.45) is 4.02. The Morgan fingerprint density at radius 2 is 1.68 bits per heavy atom. The molecule has 1 aromatic carbocycles. The Hall–Kier alpha value is -1.17. The van der Waals surface area contributed by atoms with E-state index in [2.05, 4.69) is 18.4 Å². The molecular weight excluding hydrogens is 350 g/mol. The molecule has 2 aromatic rings. The molecule has 1 atom stereocenters. The lowest BCUT2D eigenvalue weighted by atomic mass is 10.1. The molecule has 136 valence electrons. The normalized spacial score (nSPS) is 19.8. The molecule has 0 radical (unpaired) electrons. The van der Waals surface area contributed by atoms with Crippen molar-refractivity contribution < 1.29 is 8.42 Å². The van der Waals surface area contributed by atoms with Crippen molar-refractivity contribution in [3.05, 3.63) is 50.7 Å². The molecule has 1 aliphatic rings. The lowest BCUT2D eigenvalue weighted by Crippen LogP contribution is -2.35. The molecule has 1 saturated heterocycles. The Labute approximate surface area is 155 Å². The monoisotopic (exact) mass is 377 g/mol. The van der Waals surface area contributed by atoms with E-state index in [0.29, 0.717) is 11.4 Å². The van der Waals surface area contributed by atoms with E-state index in [1.807, 2.05) is 32.9 Å². The van der Waals surface area contributed by atoms with Gasteiger partial charge in [0.15, 0.2) is 0 Å². The predicted octanol–water partition coefficient (Wildman–Crippen LogP) is 5.29. The molecule has 0 saturated carbocycles. The zero-order chi connectivity index (χ0) is 18.2. The average Bonchev–Trinajstić information content (AvgIpc) is 2.82. The van der Waals surface area contributed by atoms with E-state index in [9.17, 15) is 8.42 Å². The highest BCUT2D eigenvalue weighted by Gasteiger charge is 2.35. The second kappa shape index (κ2) is 7.22. The summed E-state index contributed by atoms with van der Waals surface area (Å²) in [5.74, 6) is 0. The van der Waals surface area contributed by atoms with Crippen molar-refractivity contribution in [2.24, 2.45) is 0 Å². The molecule has 0 spiro atoms. The third-order valence-corrected chi connectivity index (χ3v) is 8.46. The minimum Gasteiger partial charge on any atom is -0.207 e. The van der Waals surface area contributed by atoms with Gasteiger partial charge < -0.3 is 0 Å². The smallest absolute Gasteiger partial charge is 0.207 e. The fraction of sp³-hybridized carbons (Fsp3) is 0.500. The zero-order valence-electron chi connectivity index (χ0n) is 15.5. The summed E-state index contributed by atoms with van der Waals surface area (Å²) in [4.78, 5) is 1.67. The van der Waals surface area contributed by atoms with Crippen LogP contribution < -0.4 is 0 Å². The summed E-state index contributed by atoms with van der Waals surface area (Å²) in [6.45, 7) is 8.61. The highest BCUT2D eigenvalue weighted by molar-refractivity contribution is 7.89. The maximum absolute atomic E-state index is 13.6. The largest absolute Gasteiger partial charge is 0.243 e. The van der Waals surface area contributed by atoms with Crippen molar-refractivity contribution in [1.29, 1.82) is 0 Å². The Morgan fingerprint density at radius 3 is 2.36 bits per heavy atom. The van der Waals surface area contributed by atoms with Crippen LogP contribution >= 0.6 is 11.3 Å². The quantitative estimate of drug-likeness (QED) is 0.729. The number of rotatable bonds is 3. The lowest BCUT2D eigenvalue weighted by Gasteiger charge is -2.30. The Morgan fingerprint density at radius 1 is 0.960 bits per heavy atom. The summed E-state index contributed by atoms with van der Waals surface area (Å²) >= 11 is 1.68. The number of benzene rings is 1. The van der Waals surface area contributed by atoms with Crippen LogP contribution in [0.1, 0.15) is 58.9 Å². The zero-order valence-corrected chi connectivity index (χ0v) is 17.1. The van der Waals surface area contributed by atoms with E-state index < -0.39 is 10.0 Å². The number of hydrogen-bond donors (Lipinski definition) is 0. The van der Waals surface area contributed by atoms with Gasteiger partial charge in [-0.25, -0.2) is 8.42 Å². The van der Waals surface area contributed by atoms with Gasteiger partial charge in [-0.1, -0.05) is 18.9 Å². The molecule has 3 nitrogen and oxygen atoms in total. The van der Waals surface area contributed by atoms with Gasteiger partial charge in [-0.3, -0.25) is 0 Å². The van der Waals surface area contributed by atoms with Crippen LogP contribution in [0.25, 0.3) is 0 Å². The third-order valence-electron chi connectivity index (χ3n) is 5.29. The number of nitrogens with zero attached hydrogens (tertiary/aromatic N) is 1. The molecule has 3 rings (SSSR count). The summed E-state index contributed by atoms with van der Waals surface area (Å²) < 4.78 is 28.9. The van der Waals surface area contributed by atoms with Crippen LogP contribution in [0.3, 0.4) is 0 Å². The number of sulfonamides is 1. The molecule has 0 bridgehead atoms. The molecule has 25 heavy (non-hydrogen) atoms. The van der Waals surface area contributed by atoms with Gasteiger partial charge in [0.05, 0.1) is 10.9 Å². The van der Waals surface area contributed by atoms with Crippen LogP contribution in [-0.4, -0.2) is 19.3 Å². The van der Waals surface area contributed by atoms with Crippen molar-refractivity contribution in [3.63, 3.8) is 0 Å². The van der Waals surface area contributed by atoms with Crippen LogP contribution in [0, 0.1) is 27.7 Å². The van der Waals surface area contributed by atoms with Gasteiger partial charge in [0.1, 0.15) is 0 Å². The van der Waals surface area contributed by atoms with Crippen LogP contribution in [-0.2, 0) is 10.0 Å². The van der Waals surface area contributed by atoms with E-state index in [1.165, 1.54) is 10.4 Å². The summed E-state index contributed by atoms with van der Waals surface area (Å²) in [5, 5.41) is 2.07. The molecule has 2 heterocycles. The van der Waals surface area contributed by atoms with Gasteiger partial charge in [0.2, 0.25) is 10.0 Å². The van der Waals surface area contributed by atoms with E-state index in [4.69, 9.17) is 0 Å². The van der Waals surface area contributed by atoms with Gasteiger partial charge in [-0.05, 0) is 80.3 Å². The van der Waals surface area contributed by atoms with E-state index >= 15 is 0 Å². The van der Waals surface area contributed by atoms with Crippen LogP contribution in [0.2, 0.25) is 0 Å². The molecule has 1 aliphatic heterocycles. The third kappa shape index (κ3) is 3.55. The second-order valence-electron chi connectivity index (χ2n) is 7.15. The Bertz CT molecular complexity index is 868. The van der Waals surface area contributed by atoms with Crippen molar-refractivity contribution in [2.75, 3.05) is 6.54 Å². The first-order chi connectivity index (χ1) is 11.8.